The lowest BCUT2D eigenvalue weighted by Crippen LogP contribution is -2.50. The molecule has 0 unspecified atom stereocenters. The van der Waals surface area contributed by atoms with E-state index in [9.17, 15) is 4.79 Å². The van der Waals surface area contributed by atoms with E-state index in [-0.39, 0.29) is 29.9 Å². The van der Waals surface area contributed by atoms with Crippen molar-refractivity contribution in [3.63, 3.8) is 0 Å². The van der Waals surface area contributed by atoms with Gasteiger partial charge < -0.3 is 20.1 Å². The maximum atomic E-state index is 12.6. The Hall–Kier alpha value is -1.32. The van der Waals surface area contributed by atoms with Gasteiger partial charge in [0.2, 0.25) is 5.91 Å². The second kappa shape index (κ2) is 13.9. The van der Waals surface area contributed by atoms with Crippen LogP contribution in [0.1, 0.15) is 66.1 Å². The minimum atomic E-state index is 0. The summed E-state index contributed by atoms with van der Waals surface area (Å²) in [4.78, 5) is 23.9. The van der Waals surface area contributed by atoms with Crippen molar-refractivity contribution >= 4 is 35.8 Å². The molecule has 0 aromatic carbocycles. The molecule has 1 fully saturated rings. The Morgan fingerprint density at radius 3 is 2.47 bits per heavy atom. The predicted octanol–water partition coefficient (Wildman–Crippen LogP) is 3.64. The van der Waals surface area contributed by atoms with E-state index in [2.05, 4.69) is 54.8 Å². The van der Waals surface area contributed by atoms with Crippen LogP contribution < -0.4 is 10.6 Å². The highest BCUT2D eigenvalue weighted by atomic mass is 127. The Bertz CT molecular complexity index is 648. The summed E-state index contributed by atoms with van der Waals surface area (Å²) in [5.41, 5.74) is 0. The first kappa shape index (κ1) is 26.7. The number of hydrogen-bond donors (Lipinski definition) is 2. The van der Waals surface area contributed by atoms with Crippen molar-refractivity contribution in [2.45, 2.75) is 79.4 Å². The van der Waals surface area contributed by atoms with Gasteiger partial charge >= 0.3 is 0 Å². The van der Waals surface area contributed by atoms with Crippen molar-refractivity contribution in [2.24, 2.45) is 16.8 Å². The number of carbonyl (C=O) groups is 1. The van der Waals surface area contributed by atoms with Crippen molar-refractivity contribution in [1.82, 2.24) is 25.1 Å². The molecular formula is C22H41IN6O. The van der Waals surface area contributed by atoms with Gasteiger partial charge in [0, 0.05) is 50.5 Å². The van der Waals surface area contributed by atoms with Gasteiger partial charge in [-0.3, -0.25) is 4.79 Å². The molecule has 7 nitrogen and oxygen atoms in total. The second-order valence-corrected chi connectivity index (χ2v) is 8.34. The number of aliphatic imine (C=N–C) groups is 1. The molecular weight excluding hydrogens is 491 g/mol. The number of guanidine groups is 1. The molecule has 30 heavy (non-hydrogen) atoms. The summed E-state index contributed by atoms with van der Waals surface area (Å²) in [6.45, 7) is 14.7. The van der Waals surface area contributed by atoms with Crippen molar-refractivity contribution in [3.8, 4) is 0 Å². The number of aromatic nitrogens is 2. The first-order chi connectivity index (χ1) is 14.0. The Labute approximate surface area is 199 Å². The van der Waals surface area contributed by atoms with E-state index in [0.717, 1.165) is 63.6 Å². The summed E-state index contributed by atoms with van der Waals surface area (Å²) in [5, 5.41) is 6.90. The van der Waals surface area contributed by atoms with Crippen LogP contribution in [0.25, 0.3) is 0 Å². The molecule has 0 spiro atoms. The first-order valence-electron chi connectivity index (χ1n) is 11.3. The third-order valence-electron chi connectivity index (χ3n) is 5.57. The summed E-state index contributed by atoms with van der Waals surface area (Å²) in [7, 11) is 0. The number of halogens is 1. The van der Waals surface area contributed by atoms with Crippen LogP contribution in [0.5, 0.6) is 0 Å². The molecule has 2 rings (SSSR count). The molecule has 0 aliphatic carbocycles. The molecule has 172 valence electrons. The molecule has 0 saturated carbocycles. The number of imidazole rings is 1. The Morgan fingerprint density at radius 2 is 1.90 bits per heavy atom. The standard InChI is InChI=1S/C22H40N6O.HI/c1-6-18(7-2)21(29)27-12-9-19(10-13-27)26-22(23-8-3)25-15-20-24-11-14-28(20)16-17(4)5;/h11,14,17-19H,6-10,12-13,15-16H2,1-5H3,(H2,23,25,26);1H. The van der Waals surface area contributed by atoms with Gasteiger partial charge in [-0.15, -0.1) is 24.0 Å². The molecule has 1 aliphatic heterocycles. The number of nitrogens with zero attached hydrogens (tertiary/aromatic N) is 4. The maximum Gasteiger partial charge on any atom is 0.225 e. The normalized spacial score (nSPS) is 15.4. The van der Waals surface area contributed by atoms with Crippen molar-refractivity contribution in [2.75, 3.05) is 19.6 Å². The van der Waals surface area contributed by atoms with Gasteiger partial charge in [-0.2, -0.15) is 0 Å². The summed E-state index contributed by atoms with van der Waals surface area (Å²) < 4.78 is 2.18. The van der Waals surface area contributed by atoms with Crippen molar-refractivity contribution < 1.29 is 4.79 Å². The summed E-state index contributed by atoms with van der Waals surface area (Å²) in [5.74, 6) is 2.89. The largest absolute Gasteiger partial charge is 0.357 e. The molecule has 1 aromatic heterocycles. The maximum absolute atomic E-state index is 12.6. The predicted molar refractivity (Wildman–Crippen MR) is 134 cm³/mol. The molecule has 8 heteroatoms. The molecule has 2 N–H and O–H groups in total. The number of amides is 1. The average molecular weight is 533 g/mol. The number of hydrogen-bond acceptors (Lipinski definition) is 3. The quantitative estimate of drug-likeness (QED) is 0.290. The van der Waals surface area contributed by atoms with Crippen LogP contribution in [0.15, 0.2) is 17.4 Å². The van der Waals surface area contributed by atoms with Gasteiger partial charge in [-0.1, -0.05) is 27.7 Å². The van der Waals surface area contributed by atoms with Gasteiger partial charge in [0.25, 0.3) is 0 Å². The second-order valence-electron chi connectivity index (χ2n) is 8.34. The minimum Gasteiger partial charge on any atom is -0.357 e. The lowest BCUT2D eigenvalue weighted by atomic mass is 9.98. The van der Waals surface area contributed by atoms with Crippen LogP contribution in [0, 0.1) is 11.8 Å². The third kappa shape index (κ3) is 8.07. The third-order valence-corrected chi connectivity index (χ3v) is 5.57. The Morgan fingerprint density at radius 1 is 1.23 bits per heavy atom. The van der Waals surface area contributed by atoms with E-state index in [1.54, 1.807) is 0 Å². The van der Waals surface area contributed by atoms with E-state index in [1.807, 2.05) is 17.3 Å². The molecule has 1 aromatic rings. The van der Waals surface area contributed by atoms with E-state index >= 15 is 0 Å². The lowest BCUT2D eigenvalue weighted by molar-refractivity contribution is -0.136. The van der Waals surface area contributed by atoms with Crippen LogP contribution in [0.2, 0.25) is 0 Å². The van der Waals surface area contributed by atoms with E-state index in [4.69, 9.17) is 4.99 Å². The minimum absolute atomic E-state index is 0. The molecule has 1 amide bonds. The highest BCUT2D eigenvalue weighted by Gasteiger charge is 2.26. The van der Waals surface area contributed by atoms with Crippen molar-refractivity contribution in [1.29, 1.82) is 0 Å². The summed E-state index contributed by atoms with van der Waals surface area (Å²) in [6.07, 6.45) is 7.64. The topological polar surface area (TPSA) is 74.6 Å². The van der Waals surface area contributed by atoms with Crippen LogP contribution >= 0.6 is 24.0 Å². The van der Waals surface area contributed by atoms with Gasteiger partial charge in [0.15, 0.2) is 5.96 Å². The highest BCUT2D eigenvalue weighted by molar-refractivity contribution is 14.0. The van der Waals surface area contributed by atoms with Gasteiger partial charge in [-0.25, -0.2) is 9.98 Å². The molecule has 2 heterocycles. The first-order valence-corrected chi connectivity index (χ1v) is 11.3. The lowest BCUT2D eigenvalue weighted by Gasteiger charge is -2.34. The molecule has 0 atom stereocenters. The Kier molecular flexibility index (Phi) is 12.4. The number of piperidine rings is 1. The molecule has 0 radical (unpaired) electrons. The highest BCUT2D eigenvalue weighted by Crippen LogP contribution is 2.17. The summed E-state index contributed by atoms with van der Waals surface area (Å²) >= 11 is 0. The van der Waals surface area contributed by atoms with Crippen molar-refractivity contribution in [3.05, 3.63) is 18.2 Å². The number of nitrogens with one attached hydrogen (secondary N) is 2. The molecule has 1 saturated heterocycles. The van der Waals surface area contributed by atoms with Crippen LogP contribution in [-0.2, 0) is 17.9 Å². The van der Waals surface area contributed by atoms with E-state index < -0.39 is 0 Å². The van der Waals surface area contributed by atoms with Gasteiger partial charge in [-0.05, 0) is 38.5 Å². The van der Waals surface area contributed by atoms with E-state index in [1.165, 1.54) is 0 Å². The van der Waals surface area contributed by atoms with Crippen LogP contribution in [0.3, 0.4) is 0 Å². The van der Waals surface area contributed by atoms with Crippen LogP contribution in [0.4, 0.5) is 0 Å². The van der Waals surface area contributed by atoms with Gasteiger partial charge in [0.1, 0.15) is 12.4 Å². The Balaban J connectivity index is 0.00000450. The van der Waals surface area contributed by atoms with Crippen LogP contribution in [-0.4, -0.2) is 52.0 Å². The molecule has 1 aliphatic rings. The number of carbonyl (C=O) groups excluding carboxylic acids is 1. The summed E-state index contributed by atoms with van der Waals surface area (Å²) in [6, 6.07) is 0.342. The number of likely N-dealkylation sites (tertiary alicyclic amines) is 1. The molecule has 0 bridgehead atoms. The van der Waals surface area contributed by atoms with E-state index in [0.29, 0.717) is 24.4 Å². The number of rotatable bonds is 9. The smallest absolute Gasteiger partial charge is 0.225 e. The SMILES string of the molecule is CCNC(=NCc1nccn1CC(C)C)NC1CCN(C(=O)C(CC)CC)CC1.I. The van der Waals surface area contributed by atoms with Gasteiger partial charge in [0.05, 0.1) is 0 Å². The zero-order valence-electron chi connectivity index (χ0n) is 19.4. The fourth-order valence-corrected chi connectivity index (χ4v) is 3.85. The fourth-order valence-electron chi connectivity index (χ4n) is 3.85. The fraction of sp³-hybridized carbons (Fsp3) is 0.773. The average Bonchev–Trinajstić information content (AvgIpc) is 3.14. The monoisotopic (exact) mass is 532 g/mol. The zero-order valence-corrected chi connectivity index (χ0v) is 21.7. The zero-order chi connectivity index (χ0) is 21.2.